The summed E-state index contributed by atoms with van der Waals surface area (Å²) in [5, 5.41) is 12.4. The summed E-state index contributed by atoms with van der Waals surface area (Å²) in [6, 6.07) is 15.2. The molecule has 196 valence electrons. The molecule has 1 atom stereocenters. The molecule has 0 heterocycles. The van der Waals surface area contributed by atoms with Crippen LogP contribution in [0.15, 0.2) is 77.7 Å². The second-order valence-electron chi connectivity index (χ2n) is 8.02. The maximum absolute atomic E-state index is 12.8. The van der Waals surface area contributed by atoms with Gasteiger partial charge in [-0.25, -0.2) is 8.42 Å². The summed E-state index contributed by atoms with van der Waals surface area (Å²) in [4.78, 5) is 23.6. The van der Waals surface area contributed by atoms with Gasteiger partial charge in [0.1, 0.15) is 6.04 Å². The molecule has 12 heteroatoms. The molecule has 1 unspecified atom stereocenters. The Morgan fingerprint density at radius 1 is 0.946 bits per heavy atom. The highest BCUT2D eigenvalue weighted by Crippen LogP contribution is 2.29. The lowest BCUT2D eigenvalue weighted by molar-refractivity contribution is -0.139. The SMILES string of the molecule is O=C(NCCCC(NS(=O)(=O)c1ccc(-c2ccc(Cl)cc2)cc1)C(=O)O)c1cccc(C(F)(F)F)c1. The summed E-state index contributed by atoms with van der Waals surface area (Å²) >= 11 is 5.87. The monoisotopic (exact) mass is 554 g/mol. The van der Waals surface area contributed by atoms with E-state index in [4.69, 9.17) is 11.6 Å². The number of aliphatic carboxylic acids is 1. The third-order valence-corrected chi connectivity index (χ3v) is 7.08. The molecule has 0 fully saturated rings. The standard InChI is InChI=1S/C25H22ClF3N2O5S/c26-20-10-6-16(7-11-20)17-8-12-21(13-9-17)37(35,36)31-22(24(33)34)5-2-14-30-23(32)18-3-1-4-19(15-18)25(27,28)29/h1,3-4,6-13,15,22,31H,2,5,14H2,(H,30,32)(H,33,34). The molecule has 0 bridgehead atoms. The van der Waals surface area contributed by atoms with Gasteiger partial charge in [0.25, 0.3) is 5.91 Å². The third kappa shape index (κ3) is 7.78. The maximum Gasteiger partial charge on any atom is 0.416 e. The van der Waals surface area contributed by atoms with Gasteiger partial charge in [-0.3, -0.25) is 9.59 Å². The van der Waals surface area contributed by atoms with Crippen molar-refractivity contribution in [2.45, 2.75) is 30.0 Å². The number of sulfonamides is 1. The lowest BCUT2D eigenvalue weighted by atomic mass is 10.1. The normalized spacial score (nSPS) is 12.6. The first-order valence-electron chi connectivity index (χ1n) is 10.9. The molecule has 37 heavy (non-hydrogen) atoms. The van der Waals surface area contributed by atoms with E-state index in [1.54, 1.807) is 36.4 Å². The minimum Gasteiger partial charge on any atom is -0.480 e. The lowest BCUT2D eigenvalue weighted by Gasteiger charge is -2.15. The van der Waals surface area contributed by atoms with Crippen molar-refractivity contribution in [2.75, 3.05) is 6.54 Å². The molecule has 0 saturated carbocycles. The largest absolute Gasteiger partial charge is 0.480 e. The van der Waals surface area contributed by atoms with Crippen molar-refractivity contribution in [3.8, 4) is 11.1 Å². The van der Waals surface area contributed by atoms with Gasteiger partial charge >= 0.3 is 12.1 Å². The minimum atomic E-state index is -4.60. The predicted octanol–water partition coefficient (Wildman–Crippen LogP) is 4.97. The van der Waals surface area contributed by atoms with Crippen LogP contribution >= 0.6 is 11.6 Å². The van der Waals surface area contributed by atoms with Crippen molar-refractivity contribution < 1.29 is 36.3 Å². The number of carbonyl (C=O) groups is 2. The Bertz CT molecular complexity index is 1360. The summed E-state index contributed by atoms with van der Waals surface area (Å²) in [5.74, 6) is -2.18. The molecule has 0 saturated heterocycles. The zero-order chi connectivity index (χ0) is 27.2. The van der Waals surface area contributed by atoms with Crippen LogP contribution in [-0.2, 0) is 21.0 Å². The van der Waals surface area contributed by atoms with Crippen LogP contribution in [0.2, 0.25) is 5.02 Å². The van der Waals surface area contributed by atoms with E-state index in [0.717, 1.165) is 23.3 Å². The van der Waals surface area contributed by atoms with E-state index in [-0.39, 0.29) is 29.8 Å². The van der Waals surface area contributed by atoms with E-state index in [2.05, 4.69) is 10.0 Å². The van der Waals surface area contributed by atoms with Crippen molar-refractivity contribution in [3.05, 3.63) is 88.9 Å². The Hall–Kier alpha value is -3.41. The number of rotatable bonds is 10. The Kier molecular flexibility index (Phi) is 8.95. The van der Waals surface area contributed by atoms with Gasteiger partial charge in [0.15, 0.2) is 0 Å². The van der Waals surface area contributed by atoms with E-state index in [0.29, 0.717) is 11.1 Å². The summed E-state index contributed by atoms with van der Waals surface area (Å²) in [5.41, 5.74) is 0.382. The molecule has 7 nitrogen and oxygen atoms in total. The number of carbonyl (C=O) groups excluding carboxylic acids is 1. The van der Waals surface area contributed by atoms with Gasteiger partial charge in [-0.1, -0.05) is 41.9 Å². The van der Waals surface area contributed by atoms with Crippen LogP contribution in [0, 0.1) is 0 Å². The van der Waals surface area contributed by atoms with Gasteiger partial charge in [-0.2, -0.15) is 17.9 Å². The van der Waals surface area contributed by atoms with Crippen LogP contribution < -0.4 is 10.0 Å². The molecule has 0 aliphatic rings. The number of alkyl halides is 3. The van der Waals surface area contributed by atoms with Crippen molar-refractivity contribution >= 4 is 33.5 Å². The lowest BCUT2D eigenvalue weighted by Crippen LogP contribution is -2.41. The maximum atomic E-state index is 12.8. The van der Waals surface area contributed by atoms with E-state index < -0.39 is 39.7 Å². The number of hydrogen-bond donors (Lipinski definition) is 3. The number of carboxylic acids is 1. The van der Waals surface area contributed by atoms with Gasteiger partial charge in [0.05, 0.1) is 10.5 Å². The Morgan fingerprint density at radius 3 is 2.11 bits per heavy atom. The van der Waals surface area contributed by atoms with E-state index in [9.17, 15) is 36.3 Å². The van der Waals surface area contributed by atoms with Crippen LogP contribution in [0.1, 0.15) is 28.8 Å². The summed E-state index contributed by atoms with van der Waals surface area (Å²) in [7, 11) is -4.17. The van der Waals surface area contributed by atoms with Crippen LogP contribution in [0.5, 0.6) is 0 Å². The fourth-order valence-corrected chi connectivity index (χ4v) is 4.75. The molecule has 1 amide bonds. The molecule has 0 aromatic heterocycles. The number of nitrogens with one attached hydrogen (secondary N) is 2. The zero-order valence-electron chi connectivity index (χ0n) is 19.1. The van der Waals surface area contributed by atoms with Crippen molar-refractivity contribution in [1.29, 1.82) is 0 Å². The first-order chi connectivity index (χ1) is 17.4. The first-order valence-corrected chi connectivity index (χ1v) is 12.8. The highest BCUT2D eigenvalue weighted by molar-refractivity contribution is 7.89. The van der Waals surface area contributed by atoms with Gasteiger partial charge in [0, 0.05) is 17.1 Å². The van der Waals surface area contributed by atoms with Crippen LogP contribution in [0.4, 0.5) is 13.2 Å². The second-order valence-corrected chi connectivity index (χ2v) is 10.2. The third-order valence-electron chi connectivity index (χ3n) is 5.34. The average Bonchev–Trinajstić information content (AvgIpc) is 2.85. The second kappa shape index (κ2) is 11.8. The summed E-state index contributed by atoms with van der Waals surface area (Å²) in [6.07, 6.45) is -4.71. The fraction of sp³-hybridized carbons (Fsp3) is 0.200. The molecule has 3 aromatic carbocycles. The number of carboxylic acid groups (broad SMARTS) is 1. The number of hydrogen-bond acceptors (Lipinski definition) is 4. The molecule has 0 spiro atoms. The smallest absolute Gasteiger partial charge is 0.416 e. The Morgan fingerprint density at radius 2 is 1.54 bits per heavy atom. The summed E-state index contributed by atoms with van der Waals surface area (Å²) in [6.45, 7) is -0.0730. The van der Waals surface area contributed by atoms with Crippen LogP contribution in [0.25, 0.3) is 11.1 Å². The quantitative estimate of drug-likeness (QED) is 0.306. The van der Waals surface area contributed by atoms with Crippen LogP contribution in [0.3, 0.4) is 0 Å². The fourth-order valence-electron chi connectivity index (χ4n) is 3.40. The number of benzene rings is 3. The zero-order valence-corrected chi connectivity index (χ0v) is 20.7. The Labute approximate surface area is 216 Å². The minimum absolute atomic E-state index is 0.0553. The topological polar surface area (TPSA) is 113 Å². The van der Waals surface area contributed by atoms with Gasteiger partial charge in [-0.15, -0.1) is 0 Å². The van der Waals surface area contributed by atoms with Crippen molar-refractivity contribution in [2.24, 2.45) is 0 Å². The van der Waals surface area contributed by atoms with E-state index >= 15 is 0 Å². The average molecular weight is 555 g/mol. The van der Waals surface area contributed by atoms with Gasteiger partial charge in [0.2, 0.25) is 10.0 Å². The molecule has 0 aliphatic heterocycles. The predicted molar refractivity (Wildman–Crippen MR) is 132 cm³/mol. The Balaban J connectivity index is 1.57. The molecule has 0 aliphatic carbocycles. The number of halogens is 4. The summed E-state index contributed by atoms with van der Waals surface area (Å²) < 4.78 is 66.1. The van der Waals surface area contributed by atoms with Crippen molar-refractivity contribution in [1.82, 2.24) is 10.0 Å². The van der Waals surface area contributed by atoms with Crippen molar-refractivity contribution in [3.63, 3.8) is 0 Å². The van der Waals surface area contributed by atoms with Gasteiger partial charge < -0.3 is 10.4 Å². The van der Waals surface area contributed by atoms with E-state index in [1.165, 1.54) is 18.2 Å². The molecule has 3 N–H and O–H groups in total. The first kappa shape index (κ1) is 28.2. The molecular formula is C25H22ClF3N2O5S. The van der Waals surface area contributed by atoms with E-state index in [1.807, 2.05) is 0 Å². The molecular weight excluding hydrogens is 533 g/mol. The van der Waals surface area contributed by atoms with Gasteiger partial charge in [-0.05, 0) is 66.4 Å². The molecule has 0 radical (unpaired) electrons. The highest BCUT2D eigenvalue weighted by atomic mass is 35.5. The molecule has 3 rings (SSSR count). The van der Waals surface area contributed by atoms with Crippen LogP contribution in [-0.4, -0.2) is 38.0 Å². The molecule has 3 aromatic rings. The highest BCUT2D eigenvalue weighted by Gasteiger charge is 2.31. The number of amides is 1.